The highest BCUT2D eigenvalue weighted by Crippen LogP contribution is 2.33. The number of ether oxygens (including phenoxy) is 1. The van der Waals surface area contributed by atoms with Gasteiger partial charge in [-0.15, -0.1) is 0 Å². The number of carbonyl (C=O) groups is 2. The quantitative estimate of drug-likeness (QED) is 0.493. The summed E-state index contributed by atoms with van der Waals surface area (Å²) < 4.78 is 5.02. The van der Waals surface area contributed by atoms with Gasteiger partial charge < -0.3 is 9.84 Å². The van der Waals surface area contributed by atoms with Crippen LogP contribution in [0.2, 0.25) is 0 Å². The van der Waals surface area contributed by atoms with Crippen LogP contribution >= 0.6 is 0 Å². The van der Waals surface area contributed by atoms with E-state index in [0.29, 0.717) is 5.56 Å². The van der Waals surface area contributed by atoms with Gasteiger partial charge in [-0.2, -0.15) is 0 Å². The molecule has 0 amide bonds. The molecule has 0 aliphatic rings. The number of allylic oxidation sites excluding steroid dienone is 2. The molecule has 0 aliphatic carbocycles. The molecule has 0 saturated carbocycles. The van der Waals surface area contributed by atoms with E-state index in [1.54, 1.807) is 51.1 Å². The van der Waals surface area contributed by atoms with Gasteiger partial charge in [0.05, 0.1) is 6.61 Å². The second-order valence-corrected chi connectivity index (χ2v) is 4.52. The van der Waals surface area contributed by atoms with Gasteiger partial charge in [0.25, 0.3) is 0 Å². The van der Waals surface area contributed by atoms with E-state index in [1.165, 1.54) is 0 Å². The maximum absolute atomic E-state index is 12.3. The first-order valence-electron chi connectivity index (χ1n) is 6.58. The Morgan fingerprint density at radius 2 is 2.00 bits per heavy atom. The first-order chi connectivity index (χ1) is 9.50. The molecule has 1 N–H and O–H groups in total. The number of esters is 1. The molecular weight excluding hydrogens is 256 g/mol. The van der Waals surface area contributed by atoms with Gasteiger partial charge in [0.2, 0.25) is 0 Å². The average Bonchev–Trinajstić information content (AvgIpc) is 2.41. The highest BCUT2D eigenvalue weighted by molar-refractivity contribution is 6.06. The summed E-state index contributed by atoms with van der Waals surface area (Å²) in [7, 11) is 0. The number of rotatable bonds is 6. The van der Waals surface area contributed by atoms with Gasteiger partial charge in [-0.3, -0.25) is 9.59 Å². The van der Waals surface area contributed by atoms with Crippen LogP contribution in [-0.4, -0.2) is 23.7 Å². The fourth-order valence-corrected chi connectivity index (χ4v) is 2.19. The van der Waals surface area contributed by atoms with Crippen LogP contribution in [0.3, 0.4) is 0 Å². The lowest BCUT2D eigenvalue weighted by Crippen LogP contribution is -2.45. The Hall–Kier alpha value is -2.10. The van der Waals surface area contributed by atoms with Crippen LogP contribution in [0.4, 0.5) is 0 Å². The Balaban J connectivity index is 3.48. The number of carboxylic acids is 1. The lowest BCUT2D eigenvalue weighted by molar-refractivity contribution is -0.161. The van der Waals surface area contributed by atoms with Crippen LogP contribution in [-0.2, 0) is 19.7 Å². The third-order valence-corrected chi connectivity index (χ3v) is 3.25. The first-order valence-corrected chi connectivity index (χ1v) is 6.58. The standard InChI is InChI=1S/C16H20O4/c1-4-6-11-16(14(17)18,15(19)20-5-2)13-10-8-7-9-12(13)3/h4,6-10H,5,11H2,1-3H3,(H,17,18)/b6-4+. The van der Waals surface area contributed by atoms with E-state index >= 15 is 0 Å². The van der Waals surface area contributed by atoms with Crippen molar-refractivity contribution in [1.82, 2.24) is 0 Å². The topological polar surface area (TPSA) is 63.6 Å². The van der Waals surface area contributed by atoms with Crippen molar-refractivity contribution in [3.05, 3.63) is 47.5 Å². The normalized spacial score (nSPS) is 13.9. The van der Waals surface area contributed by atoms with Gasteiger partial charge in [0, 0.05) is 0 Å². The number of aliphatic carboxylic acids is 1. The predicted molar refractivity (Wildman–Crippen MR) is 76.6 cm³/mol. The van der Waals surface area contributed by atoms with Gasteiger partial charge in [-0.05, 0) is 38.3 Å². The van der Waals surface area contributed by atoms with Crippen molar-refractivity contribution in [3.8, 4) is 0 Å². The van der Waals surface area contributed by atoms with Gasteiger partial charge in [0.1, 0.15) is 0 Å². The number of carbonyl (C=O) groups excluding carboxylic acids is 1. The van der Waals surface area contributed by atoms with Crippen molar-refractivity contribution in [3.63, 3.8) is 0 Å². The molecule has 0 spiro atoms. The van der Waals surface area contributed by atoms with Crippen molar-refractivity contribution in [2.24, 2.45) is 0 Å². The van der Waals surface area contributed by atoms with Gasteiger partial charge in [-0.1, -0.05) is 36.4 Å². The largest absolute Gasteiger partial charge is 0.480 e. The summed E-state index contributed by atoms with van der Waals surface area (Å²) in [4.78, 5) is 24.2. The summed E-state index contributed by atoms with van der Waals surface area (Å²) in [5.41, 5.74) is -0.454. The van der Waals surface area contributed by atoms with Crippen LogP contribution in [0.25, 0.3) is 0 Å². The molecule has 0 saturated heterocycles. The van der Waals surface area contributed by atoms with Gasteiger partial charge >= 0.3 is 11.9 Å². The zero-order valence-electron chi connectivity index (χ0n) is 12.1. The lowest BCUT2D eigenvalue weighted by Gasteiger charge is -2.28. The summed E-state index contributed by atoms with van der Waals surface area (Å²) in [6.07, 6.45) is 3.48. The summed E-state index contributed by atoms with van der Waals surface area (Å²) in [5.74, 6) is -1.91. The Morgan fingerprint density at radius 3 is 2.50 bits per heavy atom. The van der Waals surface area contributed by atoms with Crippen LogP contribution in [0.5, 0.6) is 0 Å². The van der Waals surface area contributed by atoms with Crippen molar-refractivity contribution in [2.75, 3.05) is 6.61 Å². The Labute approximate surface area is 119 Å². The zero-order valence-corrected chi connectivity index (χ0v) is 12.1. The molecule has 1 atom stereocenters. The van der Waals surface area contributed by atoms with Crippen LogP contribution < -0.4 is 0 Å². The Morgan fingerprint density at radius 1 is 1.35 bits per heavy atom. The molecule has 0 aromatic heterocycles. The van der Waals surface area contributed by atoms with Crippen LogP contribution in [0.1, 0.15) is 31.4 Å². The van der Waals surface area contributed by atoms with E-state index in [1.807, 2.05) is 6.07 Å². The van der Waals surface area contributed by atoms with E-state index in [4.69, 9.17) is 4.74 Å². The van der Waals surface area contributed by atoms with Crippen molar-refractivity contribution >= 4 is 11.9 Å². The van der Waals surface area contributed by atoms with Crippen LogP contribution in [0.15, 0.2) is 36.4 Å². The monoisotopic (exact) mass is 276 g/mol. The molecule has 4 heteroatoms. The molecule has 4 nitrogen and oxygen atoms in total. The van der Waals surface area contributed by atoms with Gasteiger partial charge in [0.15, 0.2) is 5.41 Å². The second-order valence-electron chi connectivity index (χ2n) is 4.52. The maximum atomic E-state index is 12.3. The minimum absolute atomic E-state index is 0.0719. The fourth-order valence-electron chi connectivity index (χ4n) is 2.19. The Kier molecular flexibility index (Phi) is 5.50. The highest BCUT2D eigenvalue weighted by Gasteiger charge is 2.49. The van der Waals surface area contributed by atoms with E-state index in [-0.39, 0.29) is 13.0 Å². The smallest absolute Gasteiger partial charge is 0.328 e. The molecule has 0 fully saturated rings. The number of carboxylic acid groups (broad SMARTS) is 1. The summed E-state index contributed by atoms with van der Waals surface area (Å²) in [6, 6.07) is 7.01. The summed E-state index contributed by atoms with van der Waals surface area (Å²) in [5, 5.41) is 9.69. The zero-order chi connectivity index (χ0) is 15.2. The molecule has 0 bridgehead atoms. The number of aryl methyl sites for hydroxylation is 1. The summed E-state index contributed by atoms with van der Waals surface area (Å²) in [6.45, 7) is 5.39. The molecular formula is C16H20O4. The molecule has 108 valence electrons. The third kappa shape index (κ3) is 2.90. The molecule has 0 heterocycles. The molecule has 1 aromatic rings. The number of hydrogen-bond acceptors (Lipinski definition) is 3. The number of hydrogen-bond donors (Lipinski definition) is 1. The predicted octanol–water partition coefficient (Wildman–Crippen LogP) is 2.85. The minimum atomic E-state index is -1.69. The Bertz CT molecular complexity index is 519. The van der Waals surface area contributed by atoms with E-state index in [0.717, 1.165) is 5.56 Å². The molecule has 0 radical (unpaired) electrons. The van der Waals surface area contributed by atoms with Crippen LogP contribution in [0, 0.1) is 6.92 Å². The highest BCUT2D eigenvalue weighted by atomic mass is 16.5. The molecule has 1 rings (SSSR count). The lowest BCUT2D eigenvalue weighted by atomic mass is 9.75. The SMILES string of the molecule is C/C=C/CC(C(=O)O)(C(=O)OCC)c1ccccc1C. The first kappa shape index (κ1) is 16.0. The third-order valence-electron chi connectivity index (χ3n) is 3.25. The molecule has 0 aliphatic heterocycles. The van der Waals surface area contributed by atoms with Crippen molar-refractivity contribution in [2.45, 2.75) is 32.6 Å². The second kappa shape index (κ2) is 6.89. The molecule has 1 aromatic carbocycles. The van der Waals surface area contributed by atoms with E-state index < -0.39 is 17.4 Å². The van der Waals surface area contributed by atoms with Crippen molar-refractivity contribution in [1.29, 1.82) is 0 Å². The number of benzene rings is 1. The molecule has 1 unspecified atom stereocenters. The fraction of sp³-hybridized carbons (Fsp3) is 0.375. The molecule has 20 heavy (non-hydrogen) atoms. The van der Waals surface area contributed by atoms with Crippen molar-refractivity contribution < 1.29 is 19.4 Å². The van der Waals surface area contributed by atoms with E-state index in [2.05, 4.69) is 0 Å². The summed E-state index contributed by atoms with van der Waals surface area (Å²) >= 11 is 0. The van der Waals surface area contributed by atoms with E-state index in [9.17, 15) is 14.7 Å². The minimum Gasteiger partial charge on any atom is -0.480 e. The average molecular weight is 276 g/mol. The maximum Gasteiger partial charge on any atom is 0.328 e. The van der Waals surface area contributed by atoms with Gasteiger partial charge in [-0.25, -0.2) is 0 Å².